The number of aryl methyl sites for hydroxylation is 1. The molecule has 1 saturated heterocycles. The van der Waals surface area contributed by atoms with Crippen molar-refractivity contribution in [3.8, 4) is 0 Å². The molecule has 5 fully saturated rings. The van der Waals surface area contributed by atoms with E-state index in [1.165, 1.54) is 16.9 Å². The molecule has 2 amide bonds. The Bertz CT molecular complexity index is 631. The first kappa shape index (κ1) is 12.9. The predicted octanol–water partition coefficient (Wildman–Crippen LogP) is 3.03. The summed E-state index contributed by atoms with van der Waals surface area (Å²) in [6, 6.07) is 7.94. The summed E-state index contributed by atoms with van der Waals surface area (Å²) in [4.78, 5) is 27.4. The summed E-state index contributed by atoms with van der Waals surface area (Å²) < 4.78 is 0. The third-order valence-corrected chi connectivity index (χ3v) is 6.75. The van der Waals surface area contributed by atoms with Gasteiger partial charge < -0.3 is 0 Å². The number of anilines is 1. The van der Waals surface area contributed by atoms with E-state index in [2.05, 4.69) is 6.92 Å². The molecule has 0 aromatic heterocycles. The van der Waals surface area contributed by atoms with Crippen molar-refractivity contribution in [2.75, 3.05) is 4.90 Å². The number of amides is 2. The molecule has 3 nitrogen and oxygen atoms in total. The van der Waals surface area contributed by atoms with E-state index in [0.29, 0.717) is 11.8 Å². The van der Waals surface area contributed by atoms with Gasteiger partial charge in [-0.15, -0.1) is 0 Å². The zero-order chi connectivity index (χ0) is 15.0. The third-order valence-electron chi connectivity index (χ3n) is 6.75. The fourth-order valence-corrected chi connectivity index (χ4v) is 5.67. The van der Waals surface area contributed by atoms with Gasteiger partial charge in [0.15, 0.2) is 0 Å². The number of carbonyl (C=O) groups excluding carboxylic acids is 2. The number of nitrogens with zero attached hydrogens (tertiary/aromatic N) is 1. The van der Waals surface area contributed by atoms with E-state index in [0.717, 1.165) is 36.8 Å². The highest BCUT2D eigenvalue weighted by molar-refractivity contribution is 6.22. The average Bonchev–Trinajstić information content (AvgIpc) is 3.32. The molecule has 1 aromatic carbocycles. The monoisotopic (exact) mass is 295 g/mol. The van der Waals surface area contributed by atoms with Crippen LogP contribution in [0.3, 0.4) is 0 Å². The average molecular weight is 295 g/mol. The first-order valence-corrected chi connectivity index (χ1v) is 8.67. The molecule has 22 heavy (non-hydrogen) atoms. The summed E-state index contributed by atoms with van der Waals surface area (Å²) in [6.07, 6.45) is 4.57. The van der Waals surface area contributed by atoms with Crippen molar-refractivity contribution in [1.82, 2.24) is 0 Å². The standard InChI is InChI=1S/C19H21NO2/c1-2-10-3-5-11(6-4-10)20-18(21)16-12-7-8-13(15-9-14(12)15)17(16)19(20)22/h3-6,12-17H,2,7-9H2,1H3/t12-,13+,14+,15-,16-,17+. The molecule has 0 radical (unpaired) electrons. The number of carbonyl (C=O) groups is 2. The summed E-state index contributed by atoms with van der Waals surface area (Å²) in [5.74, 6) is 2.60. The second-order valence-corrected chi connectivity index (χ2v) is 7.55. The molecule has 5 aliphatic rings. The number of fused-ring (bicyclic) bond motifs is 1. The molecule has 1 aliphatic heterocycles. The molecule has 3 heteroatoms. The van der Waals surface area contributed by atoms with Crippen LogP contribution >= 0.6 is 0 Å². The van der Waals surface area contributed by atoms with Crippen LogP contribution in [0.25, 0.3) is 0 Å². The second kappa shape index (κ2) is 4.21. The van der Waals surface area contributed by atoms with Crippen LogP contribution in [-0.4, -0.2) is 11.8 Å². The highest BCUT2D eigenvalue weighted by Crippen LogP contribution is 2.68. The van der Waals surface area contributed by atoms with E-state index >= 15 is 0 Å². The minimum absolute atomic E-state index is 0.0131. The highest BCUT2D eigenvalue weighted by atomic mass is 16.2. The van der Waals surface area contributed by atoms with Gasteiger partial charge in [-0.2, -0.15) is 0 Å². The highest BCUT2D eigenvalue weighted by Gasteiger charge is 2.68. The van der Waals surface area contributed by atoms with Crippen LogP contribution in [-0.2, 0) is 16.0 Å². The molecular formula is C19H21NO2. The van der Waals surface area contributed by atoms with Crippen LogP contribution in [0.2, 0.25) is 0 Å². The summed E-state index contributed by atoms with van der Waals surface area (Å²) >= 11 is 0. The molecule has 1 aromatic rings. The smallest absolute Gasteiger partial charge is 0.237 e. The molecule has 2 bridgehead atoms. The molecule has 4 saturated carbocycles. The second-order valence-electron chi connectivity index (χ2n) is 7.55. The fraction of sp³-hybridized carbons (Fsp3) is 0.579. The van der Waals surface area contributed by atoms with E-state index in [1.807, 2.05) is 24.3 Å². The van der Waals surface area contributed by atoms with Gasteiger partial charge in [-0.05, 0) is 67.1 Å². The predicted molar refractivity (Wildman–Crippen MR) is 83.1 cm³/mol. The Morgan fingerprint density at radius 2 is 1.45 bits per heavy atom. The Morgan fingerprint density at radius 3 is 1.95 bits per heavy atom. The lowest BCUT2D eigenvalue weighted by Gasteiger charge is -2.42. The number of imide groups is 1. The van der Waals surface area contributed by atoms with Gasteiger partial charge in [-0.3, -0.25) is 14.5 Å². The van der Waals surface area contributed by atoms with Gasteiger partial charge in [0.05, 0.1) is 17.5 Å². The van der Waals surface area contributed by atoms with Crippen molar-refractivity contribution < 1.29 is 9.59 Å². The first-order chi connectivity index (χ1) is 10.7. The lowest BCUT2D eigenvalue weighted by Crippen LogP contribution is -2.43. The zero-order valence-corrected chi connectivity index (χ0v) is 12.9. The molecule has 1 heterocycles. The van der Waals surface area contributed by atoms with Crippen LogP contribution < -0.4 is 4.90 Å². The van der Waals surface area contributed by atoms with Gasteiger partial charge in [0.2, 0.25) is 11.8 Å². The quantitative estimate of drug-likeness (QED) is 0.786. The van der Waals surface area contributed by atoms with Crippen LogP contribution in [0.5, 0.6) is 0 Å². The maximum Gasteiger partial charge on any atom is 0.237 e. The summed E-state index contributed by atoms with van der Waals surface area (Å²) in [5, 5.41) is 0. The number of hydrogen-bond donors (Lipinski definition) is 0. The summed E-state index contributed by atoms with van der Waals surface area (Å²) in [5.41, 5.74) is 2.01. The maximum absolute atomic E-state index is 13.0. The van der Waals surface area contributed by atoms with Crippen molar-refractivity contribution in [1.29, 1.82) is 0 Å². The van der Waals surface area contributed by atoms with E-state index < -0.39 is 0 Å². The van der Waals surface area contributed by atoms with Crippen LogP contribution in [0, 0.1) is 35.5 Å². The van der Waals surface area contributed by atoms with E-state index in [-0.39, 0.29) is 23.7 Å². The topological polar surface area (TPSA) is 37.4 Å². The molecule has 0 spiro atoms. The minimum Gasteiger partial charge on any atom is -0.274 e. The van der Waals surface area contributed by atoms with Crippen molar-refractivity contribution in [2.45, 2.75) is 32.6 Å². The van der Waals surface area contributed by atoms with Crippen molar-refractivity contribution in [3.05, 3.63) is 29.8 Å². The van der Waals surface area contributed by atoms with Gasteiger partial charge >= 0.3 is 0 Å². The SMILES string of the molecule is CCc1ccc(N2C(=O)[C@@H]3[C@@H]4CC[C@@H]([C@H]5C[C@H]54)[C@@H]3C2=O)cc1. The lowest BCUT2D eigenvalue weighted by molar-refractivity contribution is -0.129. The number of rotatable bonds is 2. The summed E-state index contributed by atoms with van der Waals surface area (Å²) in [6.45, 7) is 2.11. The van der Waals surface area contributed by atoms with E-state index in [1.54, 1.807) is 0 Å². The van der Waals surface area contributed by atoms with Crippen LogP contribution in [0.1, 0.15) is 31.7 Å². The molecule has 6 atom stereocenters. The molecular weight excluding hydrogens is 274 g/mol. The Hall–Kier alpha value is -1.64. The van der Waals surface area contributed by atoms with Crippen LogP contribution in [0.4, 0.5) is 5.69 Å². The lowest BCUT2D eigenvalue weighted by atomic mass is 9.59. The maximum atomic E-state index is 13.0. The molecule has 4 aliphatic carbocycles. The molecule has 6 rings (SSSR count). The normalized spacial score (nSPS) is 41.6. The Balaban J connectivity index is 1.53. The molecule has 0 N–H and O–H groups in total. The van der Waals surface area contributed by atoms with Crippen molar-refractivity contribution in [2.24, 2.45) is 35.5 Å². The largest absolute Gasteiger partial charge is 0.274 e. The van der Waals surface area contributed by atoms with Crippen molar-refractivity contribution >= 4 is 17.5 Å². The van der Waals surface area contributed by atoms with Gasteiger partial charge in [-0.1, -0.05) is 19.1 Å². The Labute approximate surface area is 130 Å². The van der Waals surface area contributed by atoms with E-state index in [9.17, 15) is 9.59 Å². The molecule has 0 unspecified atom stereocenters. The third kappa shape index (κ3) is 1.47. The number of benzene rings is 1. The van der Waals surface area contributed by atoms with Gasteiger partial charge in [0.25, 0.3) is 0 Å². The van der Waals surface area contributed by atoms with E-state index in [4.69, 9.17) is 0 Å². The number of hydrogen-bond acceptors (Lipinski definition) is 2. The van der Waals surface area contributed by atoms with Gasteiger partial charge in [0.1, 0.15) is 0 Å². The van der Waals surface area contributed by atoms with Gasteiger partial charge in [-0.25, -0.2) is 0 Å². The minimum atomic E-state index is -0.0131. The van der Waals surface area contributed by atoms with Gasteiger partial charge in [0, 0.05) is 0 Å². The first-order valence-electron chi connectivity index (χ1n) is 8.67. The van der Waals surface area contributed by atoms with Crippen LogP contribution in [0.15, 0.2) is 24.3 Å². The molecule has 114 valence electrons. The summed E-state index contributed by atoms with van der Waals surface area (Å²) in [7, 11) is 0. The zero-order valence-electron chi connectivity index (χ0n) is 12.9. The van der Waals surface area contributed by atoms with Crippen molar-refractivity contribution in [3.63, 3.8) is 0 Å². The Kier molecular flexibility index (Phi) is 2.46. The Morgan fingerprint density at radius 1 is 0.909 bits per heavy atom. The fourth-order valence-electron chi connectivity index (χ4n) is 5.67.